The molecule has 32 heavy (non-hydrogen) atoms. The highest BCUT2D eigenvalue weighted by atomic mass is 32.2. The summed E-state index contributed by atoms with van der Waals surface area (Å²) in [5, 5.41) is 20.8. The molecular weight excluding hydrogens is 432 g/mol. The number of sulfone groups is 1. The van der Waals surface area contributed by atoms with Crippen LogP contribution in [0.1, 0.15) is 39.0 Å². The van der Waals surface area contributed by atoms with Crippen LogP contribution in [0.25, 0.3) is 0 Å². The van der Waals surface area contributed by atoms with Crippen LogP contribution >= 0.6 is 0 Å². The van der Waals surface area contributed by atoms with Gasteiger partial charge in [0.1, 0.15) is 0 Å². The molecule has 5 rings (SSSR count). The Morgan fingerprint density at radius 2 is 1.62 bits per heavy atom. The summed E-state index contributed by atoms with van der Waals surface area (Å²) in [4.78, 5) is 0.250. The third-order valence-electron chi connectivity index (χ3n) is 6.89. The van der Waals surface area contributed by atoms with Gasteiger partial charge in [-0.1, -0.05) is 37.3 Å². The Morgan fingerprint density at radius 3 is 2.28 bits per heavy atom. The topological polar surface area (TPSA) is 102 Å². The normalized spacial score (nSPS) is 37.3. The highest BCUT2D eigenvalue weighted by Crippen LogP contribution is 2.40. The van der Waals surface area contributed by atoms with E-state index in [9.17, 15) is 18.6 Å². The van der Waals surface area contributed by atoms with Crippen molar-refractivity contribution in [2.75, 3.05) is 25.6 Å². The van der Waals surface area contributed by atoms with Gasteiger partial charge in [-0.2, -0.15) is 0 Å². The van der Waals surface area contributed by atoms with Crippen LogP contribution in [0.15, 0.2) is 47.4 Å². The van der Waals surface area contributed by atoms with Crippen LogP contribution in [0.4, 0.5) is 0 Å². The molecule has 4 fully saturated rings. The molecule has 3 saturated heterocycles. The number of fused-ring (bicyclic) bond motifs is 3. The molecule has 2 bridgehead atoms. The first-order chi connectivity index (χ1) is 15.2. The predicted molar refractivity (Wildman–Crippen MR) is 118 cm³/mol. The fourth-order valence-corrected chi connectivity index (χ4v) is 6.58. The molecule has 2 N–H and O–H groups in total. The number of benzene rings is 1. The Kier molecular flexibility index (Phi) is 7.10. The SMILES string of the molecule is CC12COC(CCCC=CC[C@@H]3[C@@H](CS(=O)(=O)c4ccccc4)[C@H](O)C[C@@H]3O)(OC1)OC2. The van der Waals surface area contributed by atoms with E-state index in [1.54, 1.807) is 30.3 Å². The van der Waals surface area contributed by atoms with E-state index in [0.717, 1.165) is 12.8 Å². The Hall–Kier alpha value is -1.29. The van der Waals surface area contributed by atoms with Crippen molar-refractivity contribution in [2.24, 2.45) is 17.3 Å². The number of hydrogen-bond acceptors (Lipinski definition) is 7. The van der Waals surface area contributed by atoms with Crippen molar-refractivity contribution in [3.05, 3.63) is 42.5 Å². The average Bonchev–Trinajstić information content (AvgIpc) is 3.04. The molecule has 3 aliphatic heterocycles. The van der Waals surface area contributed by atoms with E-state index < -0.39 is 33.9 Å². The van der Waals surface area contributed by atoms with Gasteiger partial charge >= 0.3 is 0 Å². The average molecular weight is 467 g/mol. The van der Waals surface area contributed by atoms with Gasteiger partial charge in [0.25, 0.3) is 5.97 Å². The molecule has 1 aromatic carbocycles. The van der Waals surface area contributed by atoms with E-state index in [1.807, 2.05) is 12.2 Å². The maximum atomic E-state index is 12.8. The number of rotatable bonds is 9. The summed E-state index contributed by atoms with van der Waals surface area (Å²) < 4.78 is 42.9. The number of aliphatic hydroxyl groups is 2. The third kappa shape index (κ3) is 5.26. The van der Waals surface area contributed by atoms with Gasteiger partial charge in [0.05, 0.1) is 42.7 Å². The Bertz CT molecular complexity index is 874. The maximum Gasteiger partial charge on any atom is 0.282 e. The zero-order chi connectivity index (χ0) is 22.8. The minimum atomic E-state index is -3.53. The van der Waals surface area contributed by atoms with Crippen molar-refractivity contribution in [2.45, 2.75) is 62.1 Å². The predicted octanol–water partition coefficient (Wildman–Crippen LogP) is 2.67. The van der Waals surface area contributed by atoms with E-state index in [-0.39, 0.29) is 28.4 Å². The van der Waals surface area contributed by atoms with E-state index in [2.05, 4.69) is 6.92 Å². The monoisotopic (exact) mass is 466 g/mol. The number of ether oxygens (including phenoxy) is 3. The van der Waals surface area contributed by atoms with Gasteiger partial charge in [0.15, 0.2) is 9.84 Å². The van der Waals surface area contributed by atoms with Crippen molar-refractivity contribution in [1.82, 2.24) is 0 Å². The fraction of sp³-hybridized carbons (Fsp3) is 0.667. The van der Waals surface area contributed by atoms with Gasteiger partial charge in [-0.25, -0.2) is 8.42 Å². The van der Waals surface area contributed by atoms with E-state index >= 15 is 0 Å². The molecule has 1 aromatic rings. The summed E-state index contributed by atoms with van der Waals surface area (Å²) in [5.41, 5.74) is -0.0428. The van der Waals surface area contributed by atoms with E-state index in [0.29, 0.717) is 32.7 Å². The lowest BCUT2D eigenvalue weighted by molar-refractivity contribution is -0.467. The molecule has 0 unspecified atom stereocenters. The molecule has 8 heteroatoms. The van der Waals surface area contributed by atoms with E-state index in [1.165, 1.54) is 0 Å². The highest BCUT2D eigenvalue weighted by Gasteiger charge is 2.49. The second-order valence-corrected chi connectivity index (χ2v) is 11.8. The van der Waals surface area contributed by atoms with Crippen LogP contribution in [-0.4, -0.2) is 62.4 Å². The van der Waals surface area contributed by atoms with E-state index in [4.69, 9.17) is 14.2 Å². The van der Waals surface area contributed by atoms with Gasteiger partial charge in [-0.3, -0.25) is 0 Å². The second kappa shape index (κ2) is 9.52. The molecule has 0 spiro atoms. The molecule has 7 nitrogen and oxygen atoms in total. The first-order valence-electron chi connectivity index (χ1n) is 11.4. The summed E-state index contributed by atoms with van der Waals surface area (Å²) in [7, 11) is -3.53. The number of aliphatic hydroxyl groups excluding tert-OH is 2. The Balaban J connectivity index is 1.27. The molecule has 178 valence electrons. The van der Waals surface area contributed by atoms with Gasteiger partial charge in [0.2, 0.25) is 0 Å². The lowest BCUT2D eigenvalue weighted by Gasteiger charge is -2.50. The number of unbranched alkanes of at least 4 members (excludes halogenated alkanes) is 1. The molecule has 1 aliphatic carbocycles. The molecule has 0 aromatic heterocycles. The van der Waals surface area contributed by atoms with Crippen molar-refractivity contribution in [1.29, 1.82) is 0 Å². The largest absolute Gasteiger partial charge is 0.393 e. The third-order valence-corrected chi connectivity index (χ3v) is 8.70. The summed E-state index contributed by atoms with van der Waals surface area (Å²) in [6.07, 6.45) is 5.49. The van der Waals surface area contributed by atoms with Gasteiger partial charge in [-0.15, -0.1) is 0 Å². The Morgan fingerprint density at radius 1 is 1.00 bits per heavy atom. The lowest BCUT2D eigenvalue weighted by Crippen LogP contribution is -2.58. The van der Waals surface area contributed by atoms with Crippen molar-refractivity contribution in [3.8, 4) is 0 Å². The smallest absolute Gasteiger partial charge is 0.282 e. The first kappa shape index (κ1) is 23.9. The van der Waals surface area contributed by atoms with Crippen molar-refractivity contribution < 1.29 is 32.8 Å². The molecule has 4 aliphatic rings. The summed E-state index contributed by atoms with van der Waals surface area (Å²) in [6, 6.07) is 8.28. The number of hydrogen-bond donors (Lipinski definition) is 2. The summed E-state index contributed by atoms with van der Waals surface area (Å²) >= 11 is 0. The molecule has 0 radical (unpaired) electrons. The highest BCUT2D eigenvalue weighted by molar-refractivity contribution is 7.91. The van der Waals surface area contributed by atoms with Crippen molar-refractivity contribution >= 4 is 9.84 Å². The zero-order valence-electron chi connectivity index (χ0n) is 18.6. The Labute approximate surface area is 190 Å². The molecule has 1 saturated carbocycles. The van der Waals surface area contributed by atoms with Crippen LogP contribution in [-0.2, 0) is 24.0 Å². The zero-order valence-corrected chi connectivity index (χ0v) is 19.4. The van der Waals surface area contributed by atoms with Crippen LogP contribution < -0.4 is 0 Å². The molecule has 0 amide bonds. The lowest BCUT2D eigenvalue weighted by atomic mass is 9.91. The van der Waals surface area contributed by atoms with Gasteiger partial charge in [-0.05, 0) is 43.7 Å². The summed E-state index contributed by atoms with van der Waals surface area (Å²) in [6.45, 7) is 4.04. The van der Waals surface area contributed by atoms with Crippen LogP contribution in [0, 0.1) is 17.3 Å². The van der Waals surface area contributed by atoms with Crippen LogP contribution in [0.2, 0.25) is 0 Å². The summed E-state index contributed by atoms with van der Waals surface area (Å²) in [5.74, 6) is -1.86. The molecule has 3 heterocycles. The maximum absolute atomic E-state index is 12.8. The quantitative estimate of drug-likeness (QED) is 0.426. The van der Waals surface area contributed by atoms with Gasteiger partial charge < -0.3 is 24.4 Å². The fourth-order valence-electron chi connectivity index (χ4n) is 4.84. The number of allylic oxidation sites excluding steroid dienone is 2. The minimum absolute atomic E-state index is 0.0428. The standard InChI is InChI=1S/C24H34O7S/c1-23-15-29-24(30-16-23,31-17-23)12-8-3-2-7-11-19-20(22(26)13-21(19)25)14-32(27,28)18-9-5-4-6-10-18/h2,4-7,9-10,19-22,25-26H,3,8,11-17H2,1H3/t19-,20-,21+,22-,23?,24?/m1/s1. The second-order valence-electron chi connectivity index (χ2n) is 9.75. The van der Waals surface area contributed by atoms with Crippen LogP contribution in [0.3, 0.4) is 0 Å². The molecule has 4 atom stereocenters. The molecular formula is C24H34O7S. The minimum Gasteiger partial charge on any atom is -0.393 e. The van der Waals surface area contributed by atoms with Crippen LogP contribution in [0.5, 0.6) is 0 Å². The van der Waals surface area contributed by atoms with Crippen molar-refractivity contribution in [3.63, 3.8) is 0 Å². The van der Waals surface area contributed by atoms with Gasteiger partial charge in [0, 0.05) is 17.8 Å². The first-order valence-corrected chi connectivity index (χ1v) is 13.1.